The molecule has 0 bridgehead atoms. The summed E-state index contributed by atoms with van der Waals surface area (Å²) < 4.78 is 0. The zero-order chi connectivity index (χ0) is 9.23. The number of unbranched alkanes of at least 4 members (excludes halogenated alkanes) is 1. The molecule has 1 aromatic carbocycles. The minimum Gasteiger partial charge on any atom is -0.346 e. The Morgan fingerprint density at radius 2 is 1.77 bits per heavy atom. The average Bonchev–Trinajstić information content (AvgIpc) is 2.19. The molecule has 0 spiro atoms. The van der Waals surface area contributed by atoms with Crippen LogP contribution in [0.2, 0.25) is 0 Å². The molecule has 1 rings (SSSR count). The molecular weight excluding hydrogens is 210 g/mol. The van der Waals surface area contributed by atoms with E-state index in [1.165, 1.54) is 24.8 Å². The van der Waals surface area contributed by atoms with Crippen molar-refractivity contribution in [2.24, 2.45) is 0 Å². The van der Waals surface area contributed by atoms with E-state index in [-0.39, 0.29) is 19.5 Å². The molecule has 0 fully saturated rings. The van der Waals surface area contributed by atoms with Gasteiger partial charge in [-0.15, -0.1) is 0 Å². The van der Waals surface area contributed by atoms with Crippen LogP contribution in [0, 0.1) is 13.0 Å². The zero-order valence-corrected chi connectivity index (χ0v) is 11.8. The summed E-state index contributed by atoms with van der Waals surface area (Å²) in [5.41, 5.74) is 1.43. The van der Waals surface area contributed by atoms with Crippen molar-refractivity contribution in [1.29, 1.82) is 0 Å². The van der Waals surface area contributed by atoms with Crippen molar-refractivity contribution in [1.82, 2.24) is 0 Å². The first-order valence-electron chi connectivity index (χ1n) is 4.59. The summed E-state index contributed by atoms with van der Waals surface area (Å²) in [7, 11) is 0. The second-order valence-corrected chi connectivity index (χ2v) is 2.51. The Hall–Kier alpha value is -0.157. The van der Waals surface area contributed by atoms with Gasteiger partial charge in [0.1, 0.15) is 0 Å². The van der Waals surface area contributed by atoms with Gasteiger partial charge in [0.25, 0.3) is 0 Å². The molecule has 0 aliphatic carbocycles. The summed E-state index contributed by atoms with van der Waals surface area (Å²) in [6.45, 7) is 7.22. The third-order valence-corrected chi connectivity index (χ3v) is 1.61. The van der Waals surface area contributed by atoms with Gasteiger partial charge < -0.3 is 6.92 Å². The van der Waals surface area contributed by atoms with E-state index in [2.05, 4.69) is 32.0 Å². The van der Waals surface area contributed by atoms with Gasteiger partial charge in [0.15, 0.2) is 0 Å². The number of hydrogen-bond donors (Lipinski definition) is 0. The van der Waals surface area contributed by atoms with Crippen LogP contribution in [0.4, 0.5) is 0 Å². The fourth-order valence-corrected chi connectivity index (χ4v) is 0.969. The quantitative estimate of drug-likeness (QED) is 0.546. The smallest absolute Gasteiger partial charge is 0.346 e. The number of aryl methyl sites for hydroxylation is 1. The Bertz CT molecular complexity index is 170. The van der Waals surface area contributed by atoms with Gasteiger partial charge in [-0.1, -0.05) is 26.2 Å². The third kappa shape index (κ3) is 8.18. The molecule has 0 radical (unpaired) electrons. The SMILES string of the molecule is CCCCc1cc[c-]cc1.[CH2-]C.[Zn+2]. The summed E-state index contributed by atoms with van der Waals surface area (Å²) in [4.78, 5) is 0. The Kier molecular flexibility index (Phi) is 14.0. The summed E-state index contributed by atoms with van der Waals surface area (Å²) in [5, 5.41) is 0. The van der Waals surface area contributed by atoms with Crippen molar-refractivity contribution in [2.45, 2.75) is 33.1 Å². The summed E-state index contributed by atoms with van der Waals surface area (Å²) in [6, 6.07) is 11.2. The van der Waals surface area contributed by atoms with Crippen molar-refractivity contribution < 1.29 is 19.5 Å². The molecule has 0 nitrogen and oxygen atoms in total. The van der Waals surface area contributed by atoms with E-state index in [0.717, 1.165) is 0 Å². The molecule has 0 N–H and O–H groups in total. The second-order valence-electron chi connectivity index (χ2n) is 2.51. The van der Waals surface area contributed by atoms with Crippen LogP contribution in [0.15, 0.2) is 24.3 Å². The van der Waals surface area contributed by atoms with Gasteiger partial charge in [0.2, 0.25) is 0 Å². The second kappa shape index (κ2) is 11.8. The minimum absolute atomic E-state index is 0. The summed E-state index contributed by atoms with van der Waals surface area (Å²) in [6.07, 6.45) is 3.79. The van der Waals surface area contributed by atoms with Gasteiger partial charge in [0.05, 0.1) is 0 Å². The molecule has 68 valence electrons. The van der Waals surface area contributed by atoms with Gasteiger partial charge in [-0.25, -0.2) is 0 Å². The summed E-state index contributed by atoms with van der Waals surface area (Å²) in [5.74, 6) is 0. The molecule has 0 aliphatic heterocycles. The van der Waals surface area contributed by atoms with Crippen LogP contribution in [-0.4, -0.2) is 0 Å². The van der Waals surface area contributed by atoms with Crippen LogP contribution in [0.5, 0.6) is 0 Å². The van der Waals surface area contributed by atoms with Crippen LogP contribution in [0.25, 0.3) is 0 Å². The maximum Gasteiger partial charge on any atom is 2.00 e. The van der Waals surface area contributed by atoms with Crippen LogP contribution in [-0.2, 0) is 25.9 Å². The Balaban J connectivity index is 0. The van der Waals surface area contributed by atoms with Gasteiger partial charge in [-0.05, 0) is 0 Å². The molecule has 1 aromatic rings. The molecule has 0 aromatic heterocycles. The summed E-state index contributed by atoms with van der Waals surface area (Å²) >= 11 is 0. The van der Waals surface area contributed by atoms with Crippen molar-refractivity contribution in [3.8, 4) is 0 Å². The molecule has 0 atom stereocenters. The van der Waals surface area contributed by atoms with Crippen LogP contribution >= 0.6 is 0 Å². The van der Waals surface area contributed by atoms with Crippen molar-refractivity contribution >= 4 is 0 Å². The Morgan fingerprint density at radius 1 is 1.23 bits per heavy atom. The molecule has 0 saturated heterocycles. The van der Waals surface area contributed by atoms with Gasteiger partial charge in [-0.2, -0.15) is 42.8 Å². The molecular formula is C12H18Zn. The average molecular weight is 228 g/mol. The number of rotatable bonds is 3. The third-order valence-electron chi connectivity index (χ3n) is 1.61. The molecule has 0 amide bonds. The van der Waals surface area contributed by atoms with Crippen LogP contribution in [0.3, 0.4) is 0 Å². The molecule has 0 saturated carbocycles. The largest absolute Gasteiger partial charge is 2.00 e. The standard InChI is InChI=1S/C10H13.C2H5.Zn/c1-2-3-7-10-8-5-4-6-9-10;1-2;/h5-6,8-9H,2-3,7H2,1H3;1H2,2H3;/q2*-1;+2. The van der Waals surface area contributed by atoms with E-state index in [1.54, 1.807) is 6.92 Å². The maximum absolute atomic E-state index is 3.25. The van der Waals surface area contributed by atoms with E-state index in [4.69, 9.17) is 0 Å². The topological polar surface area (TPSA) is 0 Å². The predicted octanol–water partition coefficient (Wildman–Crippen LogP) is 3.67. The molecule has 0 heterocycles. The first-order chi connectivity index (χ1) is 5.93. The fraction of sp³-hybridized carbons (Fsp3) is 0.417. The van der Waals surface area contributed by atoms with Crippen LogP contribution in [0.1, 0.15) is 32.3 Å². The molecule has 0 unspecified atom stereocenters. The normalized spacial score (nSPS) is 7.92. The van der Waals surface area contributed by atoms with E-state index in [1.807, 2.05) is 12.1 Å². The number of benzene rings is 1. The Labute approximate surface area is 95.5 Å². The van der Waals surface area contributed by atoms with E-state index in [0.29, 0.717) is 0 Å². The van der Waals surface area contributed by atoms with E-state index >= 15 is 0 Å². The predicted molar refractivity (Wildman–Crippen MR) is 54.9 cm³/mol. The maximum atomic E-state index is 3.25. The van der Waals surface area contributed by atoms with Crippen molar-refractivity contribution in [3.63, 3.8) is 0 Å². The van der Waals surface area contributed by atoms with Crippen LogP contribution < -0.4 is 0 Å². The van der Waals surface area contributed by atoms with Crippen molar-refractivity contribution in [2.75, 3.05) is 0 Å². The number of hydrogen-bond acceptors (Lipinski definition) is 0. The fourth-order valence-electron chi connectivity index (χ4n) is 0.969. The molecule has 13 heavy (non-hydrogen) atoms. The zero-order valence-electron chi connectivity index (χ0n) is 8.84. The molecule has 1 heteroatoms. The van der Waals surface area contributed by atoms with Crippen molar-refractivity contribution in [3.05, 3.63) is 42.8 Å². The monoisotopic (exact) mass is 226 g/mol. The minimum atomic E-state index is 0. The molecule has 0 aliphatic rings. The Morgan fingerprint density at radius 3 is 2.23 bits per heavy atom. The van der Waals surface area contributed by atoms with E-state index < -0.39 is 0 Å². The first kappa shape index (κ1) is 15.3. The van der Waals surface area contributed by atoms with Gasteiger partial charge in [-0.3, -0.25) is 0 Å². The van der Waals surface area contributed by atoms with Gasteiger partial charge in [0, 0.05) is 0 Å². The first-order valence-corrected chi connectivity index (χ1v) is 4.59. The van der Waals surface area contributed by atoms with Gasteiger partial charge >= 0.3 is 19.5 Å². The van der Waals surface area contributed by atoms with E-state index in [9.17, 15) is 0 Å².